The van der Waals surface area contributed by atoms with Crippen molar-refractivity contribution in [3.63, 3.8) is 0 Å². The zero-order valence-corrected chi connectivity index (χ0v) is 9.53. The molecule has 0 aromatic heterocycles. The number of ether oxygens (including phenoxy) is 1. The first kappa shape index (κ1) is 13.8. The van der Waals surface area contributed by atoms with E-state index in [-0.39, 0.29) is 0 Å². The Morgan fingerprint density at radius 1 is 0.733 bits per heavy atom. The van der Waals surface area contributed by atoms with E-state index in [0.29, 0.717) is 0 Å². The molecule has 0 aliphatic rings. The van der Waals surface area contributed by atoms with E-state index in [1.807, 2.05) is 24.3 Å². The Balaban J connectivity index is 3.20. The summed E-state index contributed by atoms with van der Waals surface area (Å²) < 4.78 is 5.18. The minimum atomic E-state index is 1.05. The van der Waals surface area contributed by atoms with Crippen molar-refractivity contribution in [1.29, 1.82) is 0 Å². The van der Waals surface area contributed by atoms with Crippen molar-refractivity contribution in [2.45, 2.75) is 38.5 Å². The lowest BCUT2D eigenvalue weighted by Crippen LogP contribution is -1.71. The van der Waals surface area contributed by atoms with E-state index >= 15 is 0 Å². The molecule has 0 aliphatic carbocycles. The quantitative estimate of drug-likeness (QED) is 0.285. The molecular weight excluding hydrogens is 184 g/mol. The Hall–Kier alpha value is -1.24. The molecule has 0 fully saturated rings. The van der Waals surface area contributed by atoms with E-state index in [2.05, 4.69) is 13.2 Å². The van der Waals surface area contributed by atoms with E-state index < -0.39 is 0 Å². The molecule has 1 heteroatoms. The molecule has 0 atom stereocenters. The topological polar surface area (TPSA) is 9.23 Å². The van der Waals surface area contributed by atoms with Crippen molar-refractivity contribution in [2.75, 3.05) is 0 Å². The van der Waals surface area contributed by atoms with Crippen LogP contribution < -0.4 is 0 Å². The summed E-state index contributed by atoms with van der Waals surface area (Å²) in [5.41, 5.74) is 0. The van der Waals surface area contributed by atoms with Crippen molar-refractivity contribution in [2.24, 2.45) is 0 Å². The van der Waals surface area contributed by atoms with Crippen molar-refractivity contribution in [3.8, 4) is 0 Å². The summed E-state index contributed by atoms with van der Waals surface area (Å²) in [6, 6.07) is 0. The number of hydrogen-bond acceptors (Lipinski definition) is 1. The normalized spacial score (nSPS) is 10.9. The first-order valence-electron chi connectivity index (χ1n) is 5.59. The van der Waals surface area contributed by atoms with Crippen LogP contribution in [0.2, 0.25) is 0 Å². The predicted octanol–water partition coefficient (Wildman–Crippen LogP) is 4.74. The van der Waals surface area contributed by atoms with Gasteiger partial charge in [-0.1, -0.05) is 12.2 Å². The third kappa shape index (κ3) is 12.8. The lowest BCUT2D eigenvalue weighted by atomic mass is 10.2. The van der Waals surface area contributed by atoms with Gasteiger partial charge in [0, 0.05) is 0 Å². The molecule has 0 rings (SSSR count). The van der Waals surface area contributed by atoms with Gasteiger partial charge in [-0.2, -0.15) is 0 Å². The first-order chi connectivity index (χ1) is 7.41. The summed E-state index contributed by atoms with van der Waals surface area (Å²) in [4.78, 5) is 0. The molecule has 15 heavy (non-hydrogen) atoms. The van der Waals surface area contributed by atoms with Gasteiger partial charge in [0.2, 0.25) is 0 Å². The number of hydrogen-bond donors (Lipinski definition) is 0. The van der Waals surface area contributed by atoms with E-state index in [1.54, 1.807) is 12.5 Å². The highest BCUT2D eigenvalue weighted by Gasteiger charge is 1.80. The summed E-state index contributed by atoms with van der Waals surface area (Å²) >= 11 is 0. The van der Waals surface area contributed by atoms with E-state index in [9.17, 15) is 0 Å². The fourth-order valence-electron chi connectivity index (χ4n) is 1.05. The first-order valence-corrected chi connectivity index (χ1v) is 5.59. The average molecular weight is 206 g/mol. The van der Waals surface area contributed by atoms with Crippen molar-refractivity contribution in [3.05, 3.63) is 50.0 Å². The molecule has 0 N–H and O–H groups in total. The molecule has 0 bridgehead atoms. The molecule has 0 aromatic rings. The Morgan fingerprint density at radius 2 is 1.20 bits per heavy atom. The van der Waals surface area contributed by atoms with E-state index in [1.165, 1.54) is 0 Å². The van der Waals surface area contributed by atoms with Gasteiger partial charge in [-0.05, 0) is 50.7 Å². The summed E-state index contributed by atoms with van der Waals surface area (Å²) in [6.45, 7) is 7.34. The molecule has 0 radical (unpaired) electrons. The standard InChI is InChI=1S/C14H22O/c1-3-5-7-9-11-13-15-14-12-10-8-6-4-2/h3-4,11-14H,1-2,5-10H2. The molecule has 0 amide bonds. The van der Waals surface area contributed by atoms with Gasteiger partial charge in [-0.25, -0.2) is 0 Å². The monoisotopic (exact) mass is 206 g/mol. The van der Waals surface area contributed by atoms with Gasteiger partial charge in [0.15, 0.2) is 0 Å². The fraction of sp³-hybridized carbons (Fsp3) is 0.429. The molecule has 1 nitrogen and oxygen atoms in total. The lowest BCUT2D eigenvalue weighted by molar-refractivity contribution is 0.398. The van der Waals surface area contributed by atoms with Gasteiger partial charge in [0.25, 0.3) is 0 Å². The Bertz CT molecular complexity index is 179. The Morgan fingerprint density at radius 3 is 1.60 bits per heavy atom. The SMILES string of the molecule is C=CCCCC=COC=CCCCC=C. The maximum Gasteiger partial charge on any atom is 0.0861 e. The van der Waals surface area contributed by atoms with Gasteiger partial charge in [0.1, 0.15) is 0 Å². The maximum absolute atomic E-state index is 5.18. The van der Waals surface area contributed by atoms with Crippen LogP contribution in [0.15, 0.2) is 50.0 Å². The average Bonchev–Trinajstić information content (AvgIpc) is 2.26. The molecule has 0 unspecified atom stereocenters. The van der Waals surface area contributed by atoms with E-state index in [0.717, 1.165) is 38.5 Å². The van der Waals surface area contributed by atoms with Crippen LogP contribution >= 0.6 is 0 Å². The minimum absolute atomic E-state index is 1.05. The van der Waals surface area contributed by atoms with Crippen molar-refractivity contribution < 1.29 is 4.74 Å². The maximum atomic E-state index is 5.18. The van der Waals surface area contributed by atoms with Crippen LogP contribution in [0.1, 0.15) is 38.5 Å². The molecule has 0 saturated carbocycles. The second-order valence-corrected chi connectivity index (χ2v) is 3.32. The summed E-state index contributed by atoms with van der Waals surface area (Å²) in [5.74, 6) is 0. The lowest BCUT2D eigenvalue weighted by Gasteiger charge is -1.92. The summed E-state index contributed by atoms with van der Waals surface area (Å²) in [5, 5.41) is 0. The van der Waals surface area contributed by atoms with Crippen LogP contribution in [0.4, 0.5) is 0 Å². The summed E-state index contributed by atoms with van der Waals surface area (Å²) in [6.07, 6.45) is 18.0. The minimum Gasteiger partial charge on any atom is -0.473 e. The van der Waals surface area contributed by atoms with Crippen LogP contribution in [-0.2, 0) is 4.74 Å². The third-order valence-electron chi connectivity index (χ3n) is 1.91. The number of unbranched alkanes of at least 4 members (excludes halogenated alkanes) is 4. The molecule has 0 saturated heterocycles. The molecule has 0 aliphatic heterocycles. The van der Waals surface area contributed by atoms with Crippen LogP contribution in [0.25, 0.3) is 0 Å². The van der Waals surface area contributed by atoms with Crippen molar-refractivity contribution >= 4 is 0 Å². The highest BCUT2D eigenvalue weighted by Crippen LogP contribution is 1.99. The summed E-state index contributed by atoms with van der Waals surface area (Å²) in [7, 11) is 0. The second kappa shape index (κ2) is 12.8. The Labute approximate surface area is 93.8 Å². The van der Waals surface area contributed by atoms with Gasteiger partial charge in [-0.3, -0.25) is 0 Å². The Kier molecular flexibility index (Phi) is 11.7. The molecule has 0 aromatic carbocycles. The van der Waals surface area contributed by atoms with Crippen LogP contribution in [-0.4, -0.2) is 0 Å². The van der Waals surface area contributed by atoms with Gasteiger partial charge in [0.05, 0.1) is 12.5 Å². The smallest absolute Gasteiger partial charge is 0.0861 e. The zero-order valence-electron chi connectivity index (χ0n) is 9.53. The fourth-order valence-corrected chi connectivity index (χ4v) is 1.05. The van der Waals surface area contributed by atoms with E-state index in [4.69, 9.17) is 4.74 Å². The second-order valence-electron chi connectivity index (χ2n) is 3.32. The zero-order chi connectivity index (χ0) is 11.2. The van der Waals surface area contributed by atoms with Crippen LogP contribution in [0.5, 0.6) is 0 Å². The predicted molar refractivity (Wildman–Crippen MR) is 67.5 cm³/mol. The van der Waals surface area contributed by atoms with Gasteiger partial charge in [-0.15, -0.1) is 13.2 Å². The van der Waals surface area contributed by atoms with Gasteiger partial charge >= 0.3 is 0 Å². The molecule has 0 heterocycles. The molecular formula is C14H22O. The highest BCUT2D eigenvalue weighted by molar-refractivity contribution is 4.81. The van der Waals surface area contributed by atoms with Crippen LogP contribution in [0, 0.1) is 0 Å². The number of rotatable bonds is 10. The van der Waals surface area contributed by atoms with Gasteiger partial charge < -0.3 is 4.74 Å². The van der Waals surface area contributed by atoms with Crippen molar-refractivity contribution in [1.82, 2.24) is 0 Å². The largest absolute Gasteiger partial charge is 0.473 e. The third-order valence-corrected chi connectivity index (χ3v) is 1.91. The van der Waals surface area contributed by atoms with Crippen LogP contribution in [0.3, 0.4) is 0 Å². The molecule has 0 spiro atoms. The number of allylic oxidation sites excluding steroid dienone is 4. The molecule has 84 valence electrons. The highest BCUT2D eigenvalue weighted by atomic mass is 16.5.